The van der Waals surface area contributed by atoms with Gasteiger partial charge >= 0.3 is 0 Å². The minimum absolute atomic E-state index is 0.218. The molecule has 0 aliphatic rings. The van der Waals surface area contributed by atoms with Crippen LogP contribution in [-0.4, -0.2) is 23.2 Å². The smallest absolute Gasteiger partial charge is 0.253 e. The summed E-state index contributed by atoms with van der Waals surface area (Å²) in [4.78, 5) is 16.7. The van der Waals surface area contributed by atoms with Crippen LogP contribution >= 0.6 is 15.9 Å². The Morgan fingerprint density at radius 2 is 1.92 bits per heavy atom. The van der Waals surface area contributed by atoms with Gasteiger partial charge in [-0.1, -0.05) is 17.3 Å². The Bertz CT molecular complexity index is 877. The molecule has 0 saturated heterocycles. The average molecular weight is 402 g/mol. The van der Waals surface area contributed by atoms with E-state index >= 15 is 0 Å². The van der Waals surface area contributed by atoms with Crippen molar-refractivity contribution in [3.8, 4) is 17.1 Å². The minimum atomic E-state index is -0.417. The number of hydrogen-bond donors (Lipinski definition) is 1. The molecule has 2 aromatic carbocycles. The lowest BCUT2D eigenvalue weighted by atomic mass is 10.2. The fourth-order valence-electron chi connectivity index (χ4n) is 2.25. The summed E-state index contributed by atoms with van der Waals surface area (Å²) in [7, 11) is 1.61. The monoisotopic (exact) mass is 401 g/mol. The van der Waals surface area contributed by atoms with Crippen LogP contribution in [0, 0.1) is 0 Å². The number of carbonyl (C=O) groups excluding carboxylic acids is 1. The maximum absolute atomic E-state index is 12.4. The van der Waals surface area contributed by atoms with Crippen LogP contribution < -0.4 is 10.1 Å². The van der Waals surface area contributed by atoms with E-state index in [2.05, 4.69) is 31.4 Å². The zero-order chi connectivity index (χ0) is 17.8. The van der Waals surface area contributed by atoms with Gasteiger partial charge in [0.1, 0.15) is 11.8 Å². The molecule has 3 rings (SSSR count). The highest BCUT2D eigenvalue weighted by atomic mass is 79.9. The molecule has 0 saturated carbocycles. The highest BCUT2D eigenvalue weighted by molar-refractivity contribution is 9.10. The molecule has 0 bridgehead atoms. The number of aromatic nitrogens is 2. The zero-order valence-corrected chi connectivity index (χ0v) is 15.3. The fourth-order valence-corrected chi connectivity index (χ4v) is 2.71. The van der Waals surface area contributed by atoms with Crippen LogP contribution in [0.4, 0.5) is 0 Å². The summed E-state index contributed by atoms with van der Waals surface area (Å²) in [6, 6.07) is 14.1. The van der Waals surface area contributed by atoms with Crippen molar-refractivity contribution >= 4 is 21.8 Å². The summed E-state index contributed by atoms with van der Waals surface area (Å²) in [5.74, 6) is 1.33. The second kappa shape index (κ2) is 7.48. The van der Waals surface area contributed by atoms with Gasteiger partial charge in [0.05, 0.1) is 12.7 Å². The largest absolute Gasteiger partial charge is 0.497 e. The molecule has 0 aliphatic heterocycles. The normalized spacial score (nSPS) is 11.8. The number of hydrogen-bond acceptors (Lipinski definition) is 5. The van der Waals surface area contributed by atoms with E-state index in [9.17, 15) is 4.79 Å². The molecule has 0 aliphatic carbocycles. The van der Waals surface area contributed by atoms with Crippen molar-refractivity contribution in [1.29, 1.82) is 0 Å². The number of ether oxygens (including phenoxy) is 1. The molecule has 3 aromatic rings. The van der Waals surface area contributed by atoms with Gasteiger partial charge in [-0.2, -0.15) is 4.98 Å². The maximum atomic E-state index is 12.4. The first-order valence-corrected chi connectivity index (χ1v) is 8.41. The van der Waals surface area contributed by atoms with Crippen molar-refractivity contribution in [3.05, 3.63) is 64.5 Å². The molecule has 25 heavy (non-hydrogen) atoms. The second-order valence-electron chi connectivity index (χ2n) is 5.36. The molecule has 1 atom stereocenters. The molecule has 0 fully saturated rings. The Labute approximate surface area is 153 Å². The van der Waals surface area contributed by atoms with Crippen LogP contribution in [0.3, 0.4) is 0 Å². The van der Waals surface area contributed by atoms with Crippen molar-refractivity contribution in [2.45, 2.75) is 13.0 Å². The van der Waals surface area contributed by atoms with Gasteiger partial charge in [0.25, 0.3) is 5.91 Å². The van der Waals surface area contributed by atoms with E-state index in [1.165, 1.54) is 0 Å². The summed E-state index contributed by atoms with van der Waals surface area (Å²) in [5.41, 5.74) is 1.35. The quantitative estimate of drug-likeness (QED) is 0.698. The SMILES string of the molecule is COc1ccc(-c2noc([C@@H](C)NC(=O)c3ccccc3Br)n2)cc1. The molecule has 0 spiro atoms. The number of nitrogens with one attached hydrogen (secondary N) is 1. The van der Waals surface area contributed by atoms with E-state index in [0.717, 1.165) is 15.8 Å². The zero-order valence-electron chi connectivity index (χ0n) is 13.7. The molecule has 7 heteroatoms. The molecular formula is C18H16BrN3O3. The molecule has 1 aromatic heterocycles. The molecule has 128 valence electrons. The average Bonchev–Trinajstić information content (AvgIpc) is 3.12. The first-order valence-electron chi connectivity index (χ1n) is 7.62. The highest BCUT2D eigenvalue weighted by Gasteiger charge is 2.19. The van der Waals surface area contributed by atoms with Crippen LogP contribution in [0.5, 0.6) is 5.75 Å². The third-order valence-corrected chi connectivity index (χ3v) is 4.32. The van der Waals surface area contributed by atoms with Gasteiger partial charge in [-0.3, -0.25) is 4.79 Å². The summed E-state index contributed by atoms with van der Waals surface area (Å²) in [6.45, 7) is 1.79. The summed E-state index contributed by atoms with van der Waals surface area (Å²) in [5, 5.41) is 6.82. The summed E-state index contributed by atoms with van der Waals surface area (Å²) < 4.78 is 11.1. The van der Waals surface area contributed by atoms with Crippen molar-refractivity contribution < 1.29 is 14.1 Å². The lowest BCUT2D eigenvalue weighted by Gasteiger charge is -2.10. The van der Waals surface area contributed by atoms with Crippen molar-refractivity contribution in [2.24, 2.45) is 0 Å². The van der Waals surface area contributed by atoms with Gasteiger partial charge in [0, 0.05) is 10.0 Å². The highest BCUT2D eigenvalue weighted by Crippen LogP contribution is 2.22. The Kier molecular flexibility index (Phi) is 5.14. The van der Waals surface area contributed by atoms with Gasteiger partial charge in [-0.15, -0.1) is 0 Å². The number of amides is 1. The number of halogens is 1. The van der Waals surface area contributed by atoms with Crippen LogP contribution in [0.15, 0.2) is 57.5 Å². The first-order chi connectivity index (χ1) is 12.1. The van der Waals surface area contributed by atoms with Crippen LogP contribution in [0.25, 0.3) is 11.4 Å². The molecule has 1 amide bonds. The van der Waals surface area contributed by atoms with Crippen LogP contribution in [0.1, 0.15) is 29.2 Å². The van der Waals surface area contributed by atoms with Gasteiger partial charge in [-0.05, 0) is 59.3 Å². The lowest BCUT2D eigenvalue weighted by molar-refractivity contribution is 0.0931. The van der Waals surface area contributed by atoms with E-state index < -0.39 is 6.04 Å². The predicted molar refractivity (Wildman–Crippen MR) is 96.3 cm³/mol. The maximum Gasteiger partial charge on any atom is 0.253 e. The van der Waals surface area contributed by atoms with Crippen molar-refractivity contribution in [2.75, 3.05) is 7.11 Å². The number of carbonyl (C=O) groups is 1. The van der Waals surface area contributed by atoms with Crippen molar-refractivity contribution in [3.63, 3.8) is 0 Å². The minimum Gasteiger partial charge on any atom is -0.497 e. The first kappa shape index (κ1) is 17.2. The van der Waals surface area contributed by atoms with E-state index in [1.54, 1.807) is 26.2 Å². The standard InChI is InChI=1S/C18H16BrN3O3/c1-11(20-17(23)14-5-3-4-6-15(14)19)18-21-16(22-25-18)12-7-9-13(24-2)10-8-12/h3-11H,1-2H3,(H,20,23)/t11-/m1/s1. The van der Waals surface area contributed by atoms with Crippen molar-refractivity contribution in [1.82, 2.24) is 15.5 Å². The van der Waals surface area contributed by atoms with E-state index in [-0.39, 0.29) is 5.91 Å². The van der Waals surface area contributed by atoms with Crippen LogP contribution in [-0.2, 0) is 0 Å². The number of methoxy groups -OCH3 is 1. The third kappa shape index (κ3) is 3.88. The second-order valence-corrected chi connectivity index (χ2v) is 6.21. The fraction of sp³-hybridized carbons (Fsp3) is 0.167. The van der Waals surface area contributed by atoms with E-state index in [1.807, 2.05) is 36.4 Å². The van der Waals surface area contributed by atoms with Gasteiger partial charge in [0.2, 0.25) is 11.7 Å². The molecule has 1 heterocycles. The Morgan fingerprint density at radius 3 is 2.60 bits per heavy atom. The van der Waals surface area contributed by atoms with E-state index in [4.69, 9.17) is 9.26 Å². The van der Waals surface area contributed by atoms with Gasteiger partial charge < -0.3 is 14.6 Å². The third-order valence-electron chi connectivity index (χ3n) is 3.63. The summed E-state index contributed by atoms with van der Waals surface area (Å²) in [6.07, 6.45) is 0. The molecule has 0 radical (unpaired) electrons. The van der Waals surface area contributed by atoms with Gasteiger partial charge in [-0.25, -0.2) is 0 Å². The predicted octanol–water partition coefficient (Wildman–Crippen LogP) is 4.00. The van der Waals surface area contributed by atoms with Gasteiger partial charge in [0.15, 0.2) is 0 Å². The summed E-state index contributed by atoms with van der Waals surface area (Å²) >= 11 is 3.37. The molecule has 0 unspecified atom stereocenters. The lowest BCUT2D eigenvalue weighted by Crippen LogP contribution is -2.27. The molecular weight excluding hydrogens is 386 g/mol. The Balaban J connectivity index is 1.73. The van der Waals surface area contributed by atoms with Crippen LogP contribution in [0.2, 0.25) is 0 Å². The Hall–Kier alpha value is -2.67. The number of benzene rings is 2. The van der Waals surface area contributed by atoms with E-state index in [0.29, 0.717) is 17.3 Å². The molecule has 1 N–H and O–H groups in total. The number of rotatable bonds is 5. The topological polar surface area (TPSA) is 77.3 Å². The molecule has 6 nitrogen and oxygen atoms in total. The number of nitrogens with zero attached hydrogens (tertiary/aromatic N) is 2. The Morgan fingerprint density at radius 1 is 1.20 bits per heavy atom.